The van der Waals surface area contributed by atoms with E-state index < -0.39 is 5.60 Å². The fraction of sp³-hybridized carbons (Fsp3) is 0.278. The van der Waals surface area contributed by atoms with Gasteiger partial charge < -0.3 is 16.2 Å². The van der Waals surface area contributed by atoms with Crippen LogP contribution in [0.1, 0.15) is 18.5 Å². The molecule has 0 bridgehead atoms. The molecule has 0 spiro atoms. The lowest BCUT2D eigenvalue weighted by molar-refractivity contribution is -0.0873. The van der Waals surface area contributed by atoms with Crippen LogP contribution in [0.4, 0.5) is 5.82 Å². The number of nitrogens with zero attached hydrogens (tertiary/aromatic N) is 1. The highest BCUT2D eigenvalue weighted by Gasteiger charge is 2.44. The predicted molar refractivity (Wildman–Crippen MR) is 86.9 cm³/mol. The van der Waals surface area contributed by atoms with Crippen molar-refractivity contribution in [3.63, 3.8) is 0 Å². The average molecular weight is 293 g/mol. The Hall–Kier alpha value is -2.17. The number of pyridine rings is 1. The zero-order valence-corrected chi connectivity index (χ0v) is 12.3. The fourth-order valence-electron chi connectivity index (χ4n) is 3.30. The normalized spacial score (nSPS) is 32.2. The van der Waals surface area contributed by atoms with Crippen LogP contribution in [0.25, 0.3) is 0 Å². The molecule has 4 nitrogen and oxygen atoms in total. The highest BCUT2D eigenvalue weighted by Crippen LogP contribution is 2.45. The third-order valence-electron chi connectivity index (χ3n) is 4.49. The van der Waals surface area contributed by atoms with Gasteiger partial charge in [0, 0.05) is 11.6 Å². The predicted octanol–water partition coefficient (Wildman–Crippen LogP) is 2.36. The molecule has 1 unspecified atom stereocenters. The van der Waals surface area contributed by atoms with E-state index in [1.54, 1.807) is 6.07 Å². The number of anilines is 1. The van der Waals surface area contributed by atoms with E-state index in [0.29, 0.717) is 5.82 Å². The molecule has 0 aliphatic heterocycles. The second-order valence-corrected chi connectivity index (χ2v) is 6.08. The van der Waals surface area contributed by atoms with Gasteiger partial charge in [-0.2, -0.15) is 0 Å². The van der Waals surface area contributed by atoms with E-state index in [-0.39, 0.29) is 12.1 Å². The zero-order chi connectivity index (χ0) is 15.2. The molecule has 1 saturated carbocycles. The molecular weight excluding hydrogens is 274 g/mol. The quantitative estimate of drug-likeness (QED) is 0.897. The average Bonchev–Trinajstić information content (AvgIpc) is 2.95. The topological polar surface area (TPSA) is 74.2 Å². The Balaban J connectivity index is 1.78. The summed E-state index contributed by atoms with van der Waals surface area (Å²) >= 11 is 0. The van der Waals surface area contributed by atoms with Crippen LogP contribution in [-0.2, 0) is 10.3 Å². The van der Waals surface area contributed by atoms with Crippen LogP contribution in [-0.4, -0.2) is 17.1 Å². The standard InChI is InChI=1S/C18H19N3O/c19-13-10-14(11-13)22-18(16-7-2-8-17(20)21-16)9-3-5-12-4-1-6-15(12)18/h1-9,13-14H,10-11,19H2,(H2,20,21). The minimum absolute atomic E-state index is 0.156. The summed E-state index contributed by atoms with van der Waals surface area (Å²) in [4.78, 5) is 4.53. The number of aromatic nitrogens is 1. The maximum absolute atomic E-state index is 6.51. The maximum Gasteiger partial charge on any atom is 0.154 e. The van der Waals surface area contributed by atoms with Gasteiger partial charge in [0.05, 0.1) is 11.8 Å². The van der Waals surface area contributed by atoms with E-state index >= 15 is 0 Å². The monoisotopic (exact) mass is 293 g/mol. The molecule has 4 heteroatoms. The lowest BCUT2D eigenvalue weighted by atomic mass is 9.81. The van der Waals surface area contributed by atoms with Gasteiger partial charge in [-0.05, 0) is 36.6 Å². The van der Waals surface area contributed by atoms with E-state index in [1.165, 1.54) is 0 Å². The van der Waals surface area contributed by atoms with Gasteiger partial charge in [-0.1, -0.05) is 36.4 Å². The van der Waals surface area contributed by atoms with Crippen molar-refractivity contribution in [1.82, 2.24) is 4.98 Å². The molecule has 1 aromatic rings. The van der Waals surface area contributed by atoms with Gasteiger partial charge >= 0.3 is 0 Å². The Kier molecular flexibility index (Phi) is 3.03. The summed E-state index contributed by atoms with van der Waals surface area (Å²) in [6, 6.07) is 5.93. The largest absolute Gasteiger partial charge is 0.384 e. The number of nitrogen functional groups attached to an aromatic ring is 1. The highest BCUT2D eigenvalue weighted by molar-refractivity contribution is 5.60. The molecule has 22 heavy (non-hydrogen) atoms. The molecule has 112 valence electrons. The van der Waals surface area contributed by atoms with Gasteiger partial charge in [-0.3, -0.25) is 0 Å². The van der Waals surface area contributed by atoms with Crippen molar-refractivity contribution < 1.29 is 4.74 Å². The van der Waals surface area contributed by atoms with E-state index in [1.807, 2.05) is 24.3 Å². The number of ether oxygens (including phenoxy) is 1. The Morgan fingerprint density at radius 3 is 2.82 bits per heavy atom. The molecule has 1 atom stereocenters. The second-order valence-electron chi connectivity index (χ2n) is 6.08. The molecule has 3 aliphatic rings. The number of hydrogen-bond donors (Lipinski definition) is 2. The third kappa shape index (κ3) is 2.03. The molecule has 0 radical (unpaired) electrons. The van der Waals surface area contributed by atoms with Crippen molar-refractivity contribution >= 4 is 5.82 Å². The molecule has 1 fully saturated rings. The summed E-state index contributed by atoms with van der Waals surface area (Å²) in [6.45, 7) is 0. The van der Waals surface area contributed by atoms with Crippen molar-refractivity contribution in [2.24, 2.45) is 5.73 Å². The van der Waals surface area contributed by atoms with Crippen LogP contribution < -0.4 is 11.5 Å². The van der Waals surface area contributed by atoms with E-state index in [2.05, 4.69) is 29.3 Å². The van der Waals surface area contributed by atoms with E-state index in [0.717, 1.165) is 29.7 Å². The molecule has 4 N–H and O–H groups in total. The van der Waals surface area contributed by atoms with Crippen molar-refractivity contribution in [2.45, 2.75) is 30.6 Å². The van der Waals surface area contributed by atoms with Crippen LogP contribution in [0.3, 0.4) is 0 Å². The Bertz CT molecular complexity index is 726. The van der Waals surface area contributed by atoms with Crippen molar-refractivity contribution in [2.75, 3.05) is 5.73 Å². The minimum atomic E-state index is -0.673. The van der Waals surface area contributed by atoms with Gasteiger partial charge in [0.2, 0.25) is 0 Å². The van der Waals surface area contributed by atoms with E-state index in [9.17, 15) is 0 Å². The Morgan fingerprint density at radius 2 is 2.05 bits per heavy atom. The van der Waals surface area contributed by atoms with E-state index in [4.69, 9.17) is 16.2 Å². The third-order valence-corrected chi connectivity index (χ3v) is 4.49. The number of fused-ring (bicyclic) bond motifs is 1. The number of allylic oxidation sites excluding steroid dienone is 5. The second kappa shape index (κ2) is 4.93. The number of rotatable bonds is 3. The van der Waals surface area contributed by atoms with Crippen LogP contribution in [0.5, 0.6) is 0 Å². The van der Waals surface area contributed by atoms with Gasteiger partial charge in [-0.25, -0.2) is 4.98 Å². The first kappa shape index (κ1) is 13.5. The maximum atomic E-state index is 6.51. The molecule has 3 aliphatic carbocycles. The van der Waals surface area contributed by atoms with Crippen LogP contribution in [0.2, 0.25) is 0 Å². The summed E-state index contributed by atoms with van der Waals surface area (Å²) in [6.07, 6.45) is 14.4. The summed E-state index contributed by atoms with van der Waals surface area (Å²) < 4.78 is 6.51. The summed E-state index contributed by atoms with van der Waals surface area (Å²) in [5.41, 5.74) is 14.2. The fourth-order valence-corrected chi connectivity index (χ4v) is 3.30. The highest BCUT2D eigenvalue weighted by atomic mass is 16.5. The number of nitrogens with two attached hydrogens (primary N) is 2. The van der Waals surface area contributed by atoms with Crippen molar-refractivity contribution in [3.8, 4) is 0 Å². The van der Waals surface area contributed by atoms with Crippen LogP contribution in [0.15, 0.2) is 65.8 Å². The smallest absolute Gasteiger partial charge is 0.154 e. The molecule has 1 aromatic heterocycles. The molecule has 0 aromatic carbocycles. The van der Waals surface area contributed by atoms with Crippen molar-refractivity contribution in [1.29, 1.82) is 0 Å². The summed E-state index contributed by atoms with van der Waals surface area (Å²) in [7, 11) is 0. The Labute approximate surface area is 129 Å². The van der Waals surface area contributed by atoms with Gasteiger partial charge in [0.15, 0.2) is 5.60 Å². The SMILES string of the molecule is Nc1cccc(C2(OC3CC(N)C3)C=CC=C3C=CC=C32)n1. The summed E-state index contributed by atoms with van der Waals surface area (Å²) in [5.74, 6) is 0.502. The molecule has 1 heterocycles. The first-order valence-corrected chi connectivity index (χ1v) is 7.62. The lowest BCUT2D eigenvalue weighted by Crippen LogP contribution is -2.47. The summed E-state index contributed by atoms with van der Waals surface area (Å²) in [5, 5.41) is 0. The van der Waals surface area contributed by atoms with Gasteiger partial charge in [0.1, 0.15) is 5.82 Å². The van der Waals surface area contributed by atoms with Crippen LogP contribution >= 0.6 is 0 Å². The first-order chi connectivity index (χ1) is 10.7. The van der Waals surface area contributed by atoms with Gasteiger partial charge in [0.25, 0.3) is 0 Å². The van der Waals surface area contributed by atoms with Gasteiger partial charge in [-0.15, -0.1) is 0 Å². The number of hydrogen-bond acceptors (Lipinski definition) is 4. The Morgan fingerprint density at radius 1 is 1.18 bits per heavy atom. The lowest BCUT2D eigenvalue weighted by Gasteiger charge is -2.42. The minimum Gasteiger partial charge on any atom is -0.384 e. The molecule has 0 saturated heterocycles. The molecular formula is C18H19N3O. The first-order valence-electron chi connectivity index (χ1n) is 7.62. The molecule has 0 amide bonds. The van der Waals surface area contributed by atoms with Crippen molar-refractivity contribution in [3.05, 3.63) is 71.5 Å². The zero-order valence-electron chi connectivity index (χ0n) is 12.3. The molecule has 4 rings (SSSR count). The van der Waals surface area contributed by atoms with Crippen LogP contribution in [0, 0.1) is 0 Å².